The monoisotopic (exact) mass is 260 g/mol. The summed E-state index contributed by atoms with van der Waals surface area (Å²) in [5.41, 5.74) is 0.555. The fourth-order valence-electron chi connectivity index (χ4n) is 2.82. The normalized spacial score (nSPS) is 18.8. The van der Waals surface area contributed by atoms with Crippen LogP contribution in [0.25, 0.3) is 5.78 Å². The minimum Gasteiger partial charge on any atom is -0.389 e. The lowest BCUT2D eigenvalue weighted by molar-refractivity contribution is 0.00461. The Bertz CT molecular complexity index is 545. The van der Waals surface area contributed by atoms with Crippen LogP contribution < -0.4 is 5.32 Å². The molecule has 5 heteroatoms. The number of hydrogen-bond acceptors (Lipinski definition) is 4. The number of rotatable bonds is 4. The highest BCUT2D eigenvalue weighted by molar-refractivity contribution is 5.30. The zero-order chi connectivity index (χ0) is 13.1. The fourth-order valence-corrected chi connectivity index (χ4v) is 2.82. The number of fused-ring (bicyclic) bond motifs is 1. The van der Waals surface area contributed by atoms with E-state index in [1.807, 2.05) is 22.9 Å². The van der Waals surface area contributed by atoms with Crippen LogP contribution >= 0.6 is 0 Å². The molecule has 0 spiro atoms. The van der Waals surface area contributed by atoms with Crippen LogP contribution in [0.4, 0.5) is 0 Å². The molecule has 0 radical (unpaired) electrons. The van der Waals surface area contributed by atoms with E-state index in [0.29, 0.717) is 13.1 Å². The van der Waals surface area contributed by atoms with Gasteiger partial charge in [0, 0.05) is 25.5 Å². The Kier molecular flexibility index (Phi) is 3.48. The highest BCUT2D eigenvalue weighted by Gasteiger charge is 2.28. The molecule has 1 aliphatic rings. The number of aromatic nitrogens is 3. The largest absolute Gasteiger partial charge is 0.389 e. The maximum absolute atomic E-state index is 10.4. The first-order chi connectivity index (χ1) is 9.27. The zero-order valence-corrected chi connectivity index (χ0v) is 11.0. The molecule has 1 aliphatic carbocycles. The summed E-state index contributed by atoms with van der Waals surface area (Å²) in [5.74, 6) is 0.718. The second-order valence-corrected chi connectivity index (χ2v) is 5.43. The Morgan fingerprint density at radius 2 is 2.11 bits per heavy atom. The van der Waals surface area contributed by atoms with Crippen LogP contribution in [-0.4, -0.2) is 31.6 Å². The van der Waals surface area contributed by atoms with E-state index >= 15 is 0 Å². The first kappa shape index (κ1) is 12.6. The van der Waals surface area contributed by atoms with Crippen LogP contribution in [0.3, 0.4) is 0 Å². The van der Waals surface area contributed by atoms with Crippen molar-refractivity contribution in [2.45, 2.75) is 44.2 Å². The van der Waals surface area contributed by atoms with Gasteiger partial charge in [-0.2, -0.15) is 0 Å². The van der Waals surface area contributed by atoms with Gasteiger partial charge in [0.15, 0.2) is 0 Å². The van der Waals surface area contributed by atoms with Gasteiger partial charge in [-0.05, 0) is 18.9 Å². The predicted octanol–water partition coefficient (Wildman–Crippen LogP) is 1.51. The van der Waals surface area contributed by atoms with E-state index in [2.05, 4.69) is 15.3 Å². The second-order valence-electron chi connectivity index (χ2n) is 5.43. The summed E-state index contributed by atoms with van der Waals surface area (Å²) < 4.78 is 1.97. The van der Waals surface area contributed by atoms with Crippen molar-refractivity contribution < 1.29 is 5.11 Å². The molecular weight excluding hydrogens is 240 g/mol. The molecule has 2 N–H and O–H groups in total. The van der Waals surface area contributed by atoms with Crippen molar-refractivity contribution in [3.8, 4) is 0 Å². The van der Waals surface area contributed by atoms with Gasteiger partial charge in [-0.25, -0.2) is 9.97 Å². The molecule has 2 heterocycles. The standard InChI is InChI=1S/C14H20N4O/c19-14(5-2-1-3-6-14)11-15-9-12-10-17-13-16-7-4-8-18(12)13/h4,7-8,10,15,19H,1-3,5-6,9,11H2. The predicted molar refractivity (Wildman–Crippen MR) is 72.7 cm³/mol. The van der Waals surface area contributed by atoms with Crippen LogP contribution in [0.2, 0.25) is 0 Å². The van der Waals surface area contributed by atoms with Crippen LogP contribution in [0.1, 0.15) is 37.8 Å². The third-order valence-corrected chi connectivity index (χ3v) is 3.91. The van der Waals surface area contributed by atoms with E-state index in [1.165, 1.54) is 6.42 Å². The molecule has 2 aromatic rings. The lowest BCUT2D eigenvalue weighted by Gasteiger charge is -2.32. The van der Waals surface area contributed by atoms with E-state index in [1.54, 1.807) is 6.20 Å². The molecule has 0 aliphatic heterocycles. The summed E-state index contributed by atoms with van der Waals surface area (Å²) in [5, 5.41) is 13.8. The quantitative estimate of drug-likeness (QED) is 0.875. The number of nitrogens with zero attached hydrogens (tertiary/aromatic N) is 3. The van der Waals surface area contributed by atoms with E-state index in [9.17, 15) is 5.11 Å². The molecule has 0 bridgehead atoms. The first-order valence-corrected chi connectivity index (χ1v) is 6.97. The molecule has 1 saturated carbocycles. The van der Waals surface area contributed by atoms with Crippen LogP contribution in [0.5, 0.6) is 0 Å². The highest BCUT2D eigenvalue weighted by Crippen LogP contribution is 2.27. The smallest absolute Gasteiger partial charge is 0.233 e. The van der Waals surface area contributed by atoms with Gasteiger partial charge in [0.2, 0.25) is 5.78 Å². The lowest BCUT2D eigenvalue weighted by Crippen LogP contribution is -2.42. The summed E-state index contributed by atoms with van der Waals surface area (Å²) in [6.45, 7) is 1.36. The van der Waals surface area contributed by atoms with Gasteiger partial charge in [-0.15, -0.1) is 0 Å². The minimum atomic E-state index is -0.517. The molecule has 1 fully saturated rings. The summed E-state index contributed by atoms with van der Waals surface area (Å²) in [4.78, 5) is 8.44. The second kappa shape index (κ2) is 5.27. The van der Waals surface area contributed by atoms with Gasteiger partial charge < -0.3 is 10.4 Å². The van der Waals surface area contributed by atoms with Gasteiger partial charge >= 0.3 is 0 Å². The van der Waals surface area contributed by atoms with Crippen molar-refractivity contribution in [1.29, 1.82) is 0 Å². The average molecular weight is 260 g/mol. The SMILES string of the molecule is OC1(CNCc2cnc3ncccn23)CCCCC1. The van der Waals surface area contributed by atoms with Crippen molar-refractivity contribution in [3.05, 3.63) is 30.4 Å². The number of nitrogens with one attached hydrogen (secondary N) is 1. The van der Waals surface area contributed by atoms with E-state index in [4.69, 9.17) is 0 Å². The third-order valence-electron chi connectivity index (χ3n) is 3.91. The zero-order valence-electron chi connectivity index (χ0n) is 11.0. The highest BCUT2D eigenvalue weighted by atomic mass is 16.3. The van der Waals surface area contributed by atoms with Gasteiger partial charge in [0.05, 0.1) is 17.5 Å². The van der Waals surface area contributed by atoms with Crippen molar-refractivity contribution in [2.75, 3.05) is 6.54 Å². The molecule has 5 nitrogen and oxygen atoms in total. The molecular formula is C14H20N4O. The van der Waals surface area contributed by atoms with Gasteiger partial charge in [0.1, 0.15) is 0 Å². The van der Waals surface area contributed by atoms with E-state index in [0.717, 1.165) is 37.2 Å². The Hall–Kier alpha value is -1.46. The first-order valence-electron chi connectivity index (χ1n) is 6.97. The van der Waals surface area contributed by atoms with Crippen LogP contribution in [-0.2, 0) is 6.54 Å². The molecule has 0 amide bonds. The maximum Gasteiger partial charge on any atom is 0.233 e. The Labute approximate surface area is 112 Å². The summed E-state index contributed by atoms with van der Waals surface area (Å²) in [7, 11) is 0. The molecule has 0 aromatic carbocycles. The lowest BCUT2D eigenvalue weighted by atomic mass is 9.85. The van der Waals surface area contributed by atoms with E-state index < -0.39 is 5.60 Å². The van der Waals surface area contributed by atoms with Crippen molar-refractivity contribution in [1.82, 2.24) is 19.7 Å². The molecule has 3 rings (SSSR count). The number of imidazole rings is 1. The minimum absolute atomic E-state index is 0.517. The Morgan fingerprint density at radius 1 is 1.26 bits per heavy atom. The van der Waals surface area contributed by atoms with Gasteiger partial charge in [0.25, 0.3) is 0 Å². The Balaban J connectivity index is 1.60. The molecule has 0 saturated heterocycles. The summed E-state index contributed by atoms with van der Waals surface area (Å²) in [6, 6.07) is 1.90. The fraction of sp³-hybridized carbons (Fsp3) is 0.571. The molecule has 2 aromatic heterocycles. The molecule has 102 valence electrons. The average Bonchev–Trinajstić information content (AvgIpc) is 2.83. The van der Waals surface area contributed by atoms with Crippen LogP contribution in [0, 0.1) is 0 Å². The van der Waals surface area contributed by atoms with Gasteiger partial charge in [-0.3, -0.25) is 4.40 Å². The van der Waals surface area contributed by atoms with Crippen LogP contribution in [0.15, 0.2) is 24.7 Å². The summed E-state index contributed by atoms with van der Waals surface area (Å²) in [6.07, 6.45) is 10.9. The molecule has 19 heavy (non-hydrogen) atoms. The van der Waals surface area contributed by atoms with Crippen molar-refractivity contribution in [3.63, 3.8) is 0 Å². The summed E-state index contributed by atoms with van der Waals surface area (Å²) >= 11 is 0. The maximum atomic E-state index is 10.4. The van der Waals surface area contributed by atoms with Gasteiger partial charge in [-0.1, -0.05) is 19.3 Å². The van der Waals surface area contributed by atoms with Crippen molar-refractivity contribution in [2.24, 2.45) is 0 Å². The Morgan fingerprint density at radius 3 is 2.95 bits per heavy atom. The number of hydrogen-bond donors (Lipinski definition) is 2. The van der Waals surface area contributed by atoms with E-state index in [-0.39, 0.29) is 0 Å². The number of aliphatic hydroxyl groups is 1. The molecule has 0 atom stereocenters. The van der Waals surface area contributed by atoms with Crippen molar-refractivity contribution >= 4 is 5.78 Å². The molecule has 0 unspecified atom stereocenters. The topological polar surface area (TPSA) is 62.5 Å². The third kappa shape index (κ3) is 2.77.